The molecule has 0 radical (unpaired) electrons. The van der Waals surface area contributed by atoms with Crippen LogP contribution in [-0.2, 0) is 6.42 Å². The fourth-order valence-electron chi connectivity index (χ4n) is 1.49. The largest absolute Gasteiger partial charge is 0.491 e. The first kappa shape index (κ1) is 11.7. The lowest BCUT2D eigenvalue weighted by Gasteiger charge is -2.05. The third-order valence-electron chi connectivity index (χ3n) is 2.31. The molecule has 0 aliphatic rings. The Morgan fingerprint density at radius 3 is 2.71 bits per heavy atom. The molecule has 1 aromatic carbocycles. The zero-order chi connectivity index (χ0) is 12.1. The summed E-state index contributed by atoms with van der Waals surface area (Å²) in [5, 5.41) is 10.6. The maximum absolute atomic E-state index is 10.8. The normalized spacial score (nSPS) is 10.1. The minimum atomic E-state index is -0.935. The van der Waals surface area contributed by atoms with Gasteiger partial charge in [-0.25, -0.2) is 4.79 Å². The van der Waals surface area contributed by atoms with E-state index in [0.717, 1.165) is 6.42 Å². The molecule has 0 aliphatic carbocycles. The first-order valence-corrected chi connectivity index (χ1v) is 6.13. The van der Waals surface area contributed by atoms with Crippen LogP contribution in [0.1, 0.15) is 15.2 Å². The van der Waals surface area contributed by atoms with Gasteiger partial charge in [-0.15, -0.1) is 11.3 Å². The predicted molar refractivity (Wildman–Crippen MR) is 66.9 cm³/mol. The van der Waals surface area contributed by atoms with E-state index in [-0.39, 0.29) is 4.88 Å². The van der Waals surface area contributed by atoms with Crippen molar-refractivity contribution in [3.05, 3.63) is 52.2 Å². The fourth-order valence-corrected chi connectivity index (χ4v) is 2.16. The van der Waals surface area contributed by atoms with Gasteiger partial charge in [0.15, 0.2) is 4.88 Å². The zero-order valence-corrected chi connectivity index (χ0v) is 9.94. The highest BCUT2D eigenvalue weighted by Crippen LogP contribution is 2.24. The number of hydrogen-bond donors (Lipinski definition) is 1. The minimum absolute atomic E-state index is 0.262. The SMILES string of the molecule is O=C(O)c1sccc1OCCc1ccccc1. The molecule has 4 heteroatoms. The van der Waals surface area contributed by atoms with Crippen molar-refractivity contribution in [2.75, 3.05) is 6.61 Å². The van der Waals surface area contributed by atoms with Crippen molar-refractivity contribution in [2.45, 2.75) is 6.42 Å². The standard InChI is InChI=1S/C13H12O3S/c14-13(15)12-11(7-9-17-12)16-8-6-10-4-2-1-3-5-10/h1-5,7,9H,6,8H2,(H,14,15). The van der Waals surface area contributed by atoms with Gasteiger partial charge in [-0.1, -0.05) is 30.3 Å². The van der Waals surface area contributed by atoms with Crippen LogP contribution in [-0.4, -0.2) is 17.7 Å². The molecule has 88 valence electrons. The molecule has 17 heavy (non-hydrogen) atoms. The summed E-state index contributed by atoms with van der Waals surface area (Å²) in [7, 11) is 0. The van der Waals surface area contributed by atoms with E-state index in [2.05, 4.69) is 0 Å². The van der Waals surface area contributed by atoms with E-state index in [4.69, 9.17) is 9.84 Å². The second-order valence-electron chi connectivity index (χ2n) is 3.50. The number of carboxylic acid groups (broad SMARTS) is 1. The Morgan fingerprint density at radius 1 is 1.24 bits per heavy atom. The van der Waals surface area contributed by atoms with Gasteiger partial charge in [0.2, 0.25) is 0 Å². The van der Waals surface area contributed by atoms with E-state index in [1.165, 1.54) is 16.9 Å². The molecule has 1 aromatic heterocycles. The Labute approximate surface area is 103 Å². The zero-order valence-electron chi connectivity index (χ0n) is 9.13. The van der Waals surface area contributed by atoms with Crippen LogP contribution in [0.5, 0.6) is 5.75 Å². The Bertz CT molecular complexity index is 490. The van der Waals surface area contributed by atoms with Crippen LogP contribution in [0.25, 0.3) is 0 Å². The summed E-state index contributed by atoms with van der Waals surface area (Å²) in [4.78, 5) is 11.1. The molecule has 0 bridgehead atoms. The smallest absolute Gasteiger partial charge is 0.349 e. The van der Waals surface area contributed by atoms with Crippen molar-refractivity contribution in [3.8, 4) is 5.75 Å². The number of thiophene rings is 1. The fraction of sp³-hybridized carbons (Fsp3) is 0.154. The van der Waals surface area contributed by atoms with Gasteiger partial charge in [0.25, 0.3) is 0 Å². The molecular formula is C13H12O3S. The monoisotopic (exact) mass is 248 g/mol. The minimum Gasteiger partial charge on any atom is -0.491 e. The predicted octanol–water partition coefficient (Wildman–Crippen LogP) is 3.07. The molecule has 0 atom stereocenters. The summed E-state index contributed by atoms with van der Waals surface area (Å²) in [5.74, 6) is -0.479. The Hall–Kier alpha value is -1.81. The lowest BCUT2D eigenvalue weighted by molar-refractivity contribution is 0.0698. The molecule has 1 heterocycles. The second kappa shape index (κ2) is 5.50. The first-order chi connectivity index (χ1) is 8.27. The van der Waals surface area contributed by atoms with Gasteiger partial charge in [-0.2, -0.15) is 0 Å². The molecular weight excluding hydrogens is 236 g/mol. The number of rotatable bonds is 5. The van der Waals surface area contributed by atoms with Crippen LogP contribution in [0.4, 0.5) is 0 Å². The molecule has 0 amide bonds. The highest BCUT2D eigenvalue weighted by atomic mass is 32.1. The van der Waals surface area contributed by atoms with Crippen molar-refractivity contribution in [2.24, 2.45) is 0 Å². The Morgan fingerprint density at radius 2 is 2.00 bits per heavy atom. The van der Waals surface area contributed by atoms with Crippen LogP contribution in [0.3, 0.4) is 0 Å². The molecule has 0 saturated carbocycles. The van der Waals surface area contributed by atoms with Crippen molar-refractivity contribution < 1.29 is 14.6 Å². The molecule has 2 aromatic rings. The summed E-state index contributed by atoms with van der Waals surface area (Å²) in [6, 6.07) is 11.7. The van der Waals surface area contributed by atoms with Crippen molar-refractivity contribution >= 4 is 17.3 Å². The third-order valence-corrected chi connectivity index (χ3v) is 3.20. The number of hydrogen-bond acceptors (Lipinski definition) is 3. The molecule has 0 fully saturated rings. The second-order valence-corrected chi connectivity index (χ2v) is 4.42. The van der Waals surface area contributed by atoms with E-state index in [0.29, 0.717) is 12.4 Å². The lowest BCUT2D eigenvalue weighted by atomic mass is 10.2. The highest BCUT2D eigenvalue weighted by molar-refractivity contribution is 7.12. The van der Waals surface area contributed by atoms with Crippen LogP contribution < -0.4 is 4.74 Å². The lowest BCUT2D eigenvalue weighted by Crippen LogP contribution is -2.03. The first-order valence-electron chi connectivity index (χ1n) is 5.25. The topological polar surface area (TPSA) is 46.5 Å². The average molecular weight is 248 g/mol. The maximum atomic E-state index is 10.8. The van der Waals surface area contributed by atoms with Crippen molar-refractivity contribution in [1.29, 1.82) is 0 Å². The summed E-state index contributed by atoms with van der Waals surface area (Å²) in [6.07, 6.45) is 0.774. The summed E-state index contributed by atoms with van der Waals surface area (Å²) in [5.41, 5.74) is 1.18. The van der Waals surface area contributed by atoms with Gasteiger partial charge >= 0.3 is 5.97 Å². The van der Waals surface area contributed by atoms with E-state index >= 15 is 0 Å². The number of carbonyl (C=O) groups is 1. The summed E-state index contributed by atoms with van der Waals surface area (Å²) < 4.78 is 5.47. The molecule has 1 N–H and O–H groups in total. The van der Waals surface area contributed by atoms with Gasteiger partial charge in [-0.3, -0.25) is 0 Å². The molecule has 0 spiro atoms. The average Bonchev–Trinajstić information content (AvgIpc) is 2.79. The molecule has 0 unspecified atom stereocenters. The molecule has 0 aliphatic heterocycles. The van der Waals surface area contributed by atoms with Gasteiger partial charge in [0.05, 0.1) is 6.61 Å². The van der Waals surface area contributed by atoms with Crippen molar-refractivity contribution in [3.63, 3.8) is 0 Å². The number of ether oxygens (including phenoxy) is 1. The summed E-state index contributed by atoms with van der Waals surface area (Å²) in [6.45, 7) is 0.487. The van der Waals surface area contributed by atoms with Crippen LogP contribution in [0.2, 0.25) is 0 Å². The summed E-state index contributed by atoms with van der Waals surface area (Å²) >= 11 is 1.18. The van der Waals surface area contributed by atoms with E-state index in [1.54, 1.807) is 11.4 Å². The van der Waals surface area contributed by atoms with Crippen molar-refractivity contribution in [1.82, 2.24) is 0 Å². The van der Waals surface area contributed by atoms with Gasteiger partial charge in [-0.05, 0) is 17.0 Å². The number of benzene rings is 1. The van der Waals surface area contributed by atoms with E-state index in [1.807, 2.05) is 30.3 Å². The molecule has 2 rings (SSSR count). The highest BCUT2D eigenvalue weighted by Gasteiger charge is 2.12. The van der Waals surface area contributed by atoms with E-state index < -0.39 is 5.97 Å². The van der Waals surface area contributed by atoms with Gasteiger partial charge in [0, 0.05) is 6.42 Å². The molecule has 0 saturated heterocycles. The van der Waals surface area contributed by atoms with Gasteiger partial charge in [0.1, 0.15) is 5.75 Å². The van der Waals surface area contributed by atoms with Crippen LogP contribution in [0, 0.1) is 0 Å². The molecule has 3 nitrogen and oxygen atoms in total. The quantitative estimate of drug-likeness (QED) is 0.884. The van der Waals surface area contributed by atoms with E-state index in [9.17, 15) is 4.79 Å². The maximum Gasteiger partial charge on any atom is 0.349 e. The third kappa shape index (κ3) is 3.07. The van der Waals surface area contributed by atoms with Gasteiger partial charge < -0.3 is 9.84 Å². The number of aromatic carboxylic acids is 1. The van der Waals surface area contributed by atoms with Crippen LogP contribution in [0.15, 0.2) is 41.8 Å². The number of carboxylic acids is 1. The Balaban J connectivity index is 1.90. The Kier molecular flexibility index (Phi) is 3.77. The van der Waals surface area contributed by atoms with Crippen LogP contribution >= 0.6 is 11.3 Å².